The Hall–Kier alpha value is -0.820. The lowest BCUT2D eigenvalue weighted by Gasteiger charge is -2.29. The minimum atomic E-state index is -0.0860. The molecule has 100 valence electrons. The van der Waals surface area contributed by atoms with Crippen molar-refractivity contribution in [2.75, 3.05) is 0 Å². The van der Waals surface area contributed by atoms with Crippen LogP contribution in [0, 0.1) is 18.8 Å². The zero-order valence-electron chi connectivity index (χ0n) is 12.1. The van der Waals surface area contributed by atoms with Crippen LogP contribution in [0.25, 0.3) is 0 Å². The van der Waals surface area contributed by atoms with Crippen molar-refractivity contribution in [2.24, 2.45) is 17.6 Å². The van der Waals surface area contributed by atoms with Crippen molar-refractivity contribution < 1.29 is 0 Å². The largest absolute Gasteiger partial charge is 0.321 e. The van der Waals surface area contributed by atoms with E-state index in [4.69, 9.17) is 5.73 Å². The molecule has 2 atom stereocenters. The van der Waals surface area contributed by atoms with E-state index in [0.29, 0.717) is 0 Å². The predicted octanol–water partition coefficient (Wildman–Crippen LogP) is 4.39. The van der Waals surface area contributed by atoms with Crippen LogP contribution in [0.4, 0.5) is 0 Å². The second kappa shape index (κ2) is 5.44. The average molecular weight is 245 g/mol. The normalized spacial score (nSPS) is 29.3. The summed E-state index contributed by atoms with van der Waals surface area (Å²) < 4.78 is 0. The highest BCUT2D eigenvalue weighted by Gasteiger charge is 2.31. The minimum absolute atomic E-state index is 0.0860. The fraction of sp³-hybridized carbons (Fsp3) is 0.647. The Morgan fingerprint density at radius 3 is 2.39 bits per heavy atom. The Morgan fingerprint density at radius 2 is 1.78 bits per heavy atom. The highest BCUT2D eigenvalue weighted by atomic mass is 14.7. The van der Waals surface area contributed by atoms with Gasteiger partial charge in [-0.1, -0.05) is 56.5 Å². The zero-order chi connectivity index (χ0) is 13.2. The zero-order valence-corrected chi connectivity index (χ0v) is 12.1. The van der Waals surface area contributed by atoms with Crippen molar-refractivity contribution in [3.05, 3.63) is 35.4 Å². The molecule has 1 aliphatic carbocycles. The first-order valence-corrected chi connectivity index (χ1v) is 7.37. The van der Waals surface area contributed by atoms with Crippen molar-refractivity contribution in [3.8, 4) is 0 Å². The number of aryl methyl sites for hydroxylation is 1. The summed E-state index contributed by atoms with van der Waals surface area (Å²) in [5.41, 5.74) is 9.25. The molecule has 0 spiro atoms. The van der Waals surface area contributed by atoms with Gasteiger partial charge in [0.25, 0.3) is 0 Å². The summed E-state index contributed by atoms with van der Waals surface area (Å²) in [4.78, 5) is 0. The molecule has 0 heterocycles. The maximum absolute atomic E-state index is 6.69. The van der Waals surface area contributed by atoms with Crippen LogP contribution in [-0.2, 0) is 5.54 Å². The molecule has 2 unspecified atom stereocenters. The van der Waals surface area contributed by atoms with Crippen LogP contribution in [0.2, 0.25) is 0 Å². The standard InChI is InChI=1S/C17H27N/c1-13(2)15-5-4-11-17(18,12-10-15)16-8-6-14(3)7-9-16/h6-9,13,15H,4-5,10-12,18H2,1-3H3. The van der Waals surface area contributed by atoms with Gasteiger partial charge in [0.05, 0.1) is 0 Å². The molecule has 1 fully saturated rings. The monoisotopic (exact) mass is 245 g/mol. The fourth-order valence-electron chi connectivity index (χ4n) is 3.23. The van der Waals surface area contributed by atoms with Crippen molar-refractivity contribution in [1.82, 2.24) is 0 Å². The Morgan fingerprint density at radius 1 is 1.11 bits per heavy atom. The predicted molar refractivity (Wildman–Crippen MR) is 78.5 cm³/mol. The molecule has 18 heavy (non-hydrogen) atoms. The number of hydrogen-bond acceptors (Lipinski definition) is 1. The highest BCUT2D eigenvalue weighted by Crippen LogP contribution is 2.38. The summed E-state index contributed by atoms with van der Waals surface area (Å²) in [5.74, 6) is 1.66. The number of rotatable bonds is 2. The molecular formula is C17H27N. The van der Waals surface area contributed by atoms with Crippen LogP contribution in [0.5, 0.6) is 0 Å². The lowest BCUT2D eigenvalue weighted by Crippen LogP contribution is -2.36. The van der Waals surface area contributed by atoms with Gasteiger partial charge in [-0.05, 0) is 43.6 Å². The SMILES string of the molecule is Cc1ccc(C2(N)CCCC(C(C)C)CC2)cc1. The van der Waals surface area contributed by atoms with E-state index in [9.17, 15) is 0 Å². The third-order valence-corrected chi connectivity index (χ3v) is 4.73. The van der Waals surface area contributed by atoms with Gasteiger partial charge in [-0.25, -0.2) is 0 Å². The van der Waals surface area contributed by atoms with Crippen LogP contribution < -0.4 is 5.73 Å². The molecule has 1 aromatic carbocycles. The van der Waals surface area contributed by atoms with Crippen molar-refractivity contribution in [3.63, 3.8) is 0 Å². The summed E-state index contributed by atoms with van der Waals surface area (Å²) in [7, 11) is 0. The first-order chi connectivity index (χ1) is 8.51. The molecule has 1 aromatic rings. The van der Waals surface area contributed by atoms with E-state index in [-0.39, 0.29) is 5.54 Å². The third kappa shape index (κ3) is 2.95. The van der Waals surface area contributed by atoms with Crippen molar-refractivity contribution in [2.45, 2.75) is 58.4 Å². The molecular weight excluding hydrogens is 218 g/mol. The Labute approximate surface area is 112 Å². The van der Waals surface area contributed by atoms with Crippen molar-refractivity contribution in [1.29, 1.82) is 0 Å². The van der Waals surface area contributed by atoms with E-state index in [2.05, 4.69) is 45.0 Å². The van der Waals surface area contributed by atoms with Crippen LogP contribution in [0.1, 0.15) is 57.1 Å². The van der Waals surface area contributed by atoms with E-state index in [1.807, 2.05) is 0 Å². The van der Waals surface area contributed by atoms with Gasteiger partial charge in [-0.2, -0.15) is 0 Å². The van der Waals surface area contributed by atoms with Crippen LogP contribution in [-0.4, -0.2) is 0 Å². The minimum Gasteiger partial charge on any atom is -0.321 e. The van der Waals surface area contributed by atoms with Crippen LogP contribution >= 0.6 is 0 Å². The van der Waals surface area contributed by atoms with Gasteiger partial charge in [-0.3, -0.25) is 0 Å². The number of nitrogens with two attached hydrogens (primary N) is 1. The second-order valence-corrected chi connectivity index (χ2v) is 6.46. The molecule has 1 heteroatoms. The first-order valence-electron chi connectivity index (χ1n) is 7.37. The van der Waals surface area contributed by atoms with E-state index in [1.54, 1.807) is 0 Å². The van der Waals surface area contributed by atoms with E-state index in [1.165, 1.54) is 30.4 Å². The molecule has 0 bridgehead atoms. The molecule has 0 aromatic heterocycles. The molecule has 0 aliphatic heterocycles. The summed E-state index contributed by atoms with van der Waals surface area (Å²) in [6, 6.07) is 8.83. The average Bonchev–Trinajstić information content (AvgIpc) is 2.53. The van der Waals surface area contributed by atoms with E-state index >= 15 is 0 Å². The van der Waals surface area contributed by atoms with Crippen LogP contribution in [0.15, 0.2) is 24.3 Å². The van der Waals surface area contributed by atoms with Gasteiger partial charge in [0.15, 0.2) is 0 Å². The van der Waals surface area contributed by atoms with Gasteiger partial charge in [0.2, 0.25) is 0 Å². The summed E-state index contributed by atoms with van der Waals surface area (Å²) in [6.07, 6.45) is 6.18. The molecule has 2 N–H and O–H groups in total. The van der Waals surface area contributed by atoms with Gasteiger partial charge >= 0.3 is 0 Å². The lowest BCUT2D eigenvalue weighted by atomic mass is 9.82. The fourth-order valence-corrected chi connectivity index (χ4v) is 3.23. The maximum Gasteiger partial charge on any atom is 0.0409 e. The second-order valence-electron chi connectivity index (χ2n) is 6.46. The molecule has 1 saturated carbocycles. The van der Waals surface area contributed by atoms with Gasteiger partial charge in [0, 0.05) is 5.54 Å². The Balaban J connectivity index is 2.14. The summed E-state index contributed by atoms with van der Waals surface area (Å²) >= 11 is 0. The summed E-state index contributed by atoms with van der Waals surface area (Å²) in [6.45, 7) is 6.83. The quantitative estimate of drug-likeness (QED) is 0.769. The third-order valence-electron chi connectivity index (χ3n) is 4.73. The first kappa shape index (κ1) is 13.6. The topological polar surface area (TPSA) is 26.0 Å². The van der Waals surface area contributed by atoms with Crippen molar-refractivity contribution >= 4 is 0 Å². The summed E-state index contributed by atoms with van der Waals surface area (Å²) in [5, 5.41) is 0. The smallest absolute Gasteiger partial charge is 0.0409 e. The molecule has 0 saturated heterocycles. The molecule has 0 amide bonds. The molecule has 1 nitrogen and oxygen atoms in total. The van der Waals surface area contributed by atoms with E-state index < -0.39 is 0 Å². The lowest BCUT2D eigenvalue weighted by molar-refractivity contribution is 0.325. The van der Waals surface area contributed by atoms with E-state index in [0.717, 1.165) is 24.7 Å². The molecule has 0 radical (unpaired) electrons. The Bertz CT molecular complexity index is 379. The van der Waals surface area contributed by atoms with Gasteiger partial charge < -0.3 is 5.73 Å². The highest BCUT2D eigenvalue weighted by molar-refractivity contribution is 5.28. The molecule has 1 aliphatic rings. The Kier molecular flexibility index (Phi) is 4.11. The number of hydrogen-bond donors (Lipinski definition) is 1. The van der Waals surface area contributed by atoms with Gasteiger partial charge in [-0.15, -0.1) is 0 Å². The van der Waals surface area contributed by atoms with Crippen LogP contribution in [0.3, 0.4) is 0 Å². The maximum atomic E-state index is 6.69. The molecule has 2 rings (SSSR count). The number of benzene rings is 1. The van der Waals surface area contributed by atoms with Gasteiger partial charge in [0.1, 0.15) is 0 Å².